The molecule has 122 valence electrons. The van der Waals surface area contributed by atoms with Crippen molar-refractivity contribution in [3.05, 3.63) is 34.3 Å². The molecule has 0 spiro atoms. The number of aliphatic carboxylic acids is 1. The van der Waals surface area contributed by atoms with Gasteiger partial charge in [0.15, 0.2) is 0 Å². The van der Waals surface area contributed by atoms with Crippen LogP contribution in [0.25, 0.3) is 0 Å². The Labute approximate surface area is 166 Å². The molecule has 0 aliphatic heterocycles. The van der Waals surface area contributed by atoms with Gasteiger partial charge < -0.3 is 14.6 Å². The van der Waals surface area contributed by atoms with Gasteiger partial charge in [-0.05, 0) is 48.8 Å². The molecule has 1 aliphatic rings. The van der Waals surface area contributed by atoms with E-state index in [1.165, 1.54) is 37.7 Å². The number of carboxylic acids is 1. The van der Waals surface area contributed by atoms with Crippen molar-refractivity contribution in [1.29, 1.82) is 0 Å². The van der Waals surface area contributed by atoms with E-state index in [-0.39, 0.29) is 41.9 Å². The fourth-order valence-electron chi connectivity index (χ4n) is 3.38. The molecular weight excluding hydrogens is 323 g/mol. The zero-order chi connectivity index (χ0) is 15.9. The van der Waals surface area contributed by atoms with Crippen molar-refractivity contribution in [2.24, 2.45) is 0 Å². The number of methoxy groups -OCH3 is 1. The van der Waals surface area contributed by atoms with E-state index < -0.39 is 5.97 Å². The van der Waals surface area contributed by atoms with Gasteiger partial charge in [-0.25, -0.2) is 0 Å². The Hall–Kier alpha value is -0.0600. The standard InChI is InChI=1S/C18H25ClO3.Na/c1-22-12-15(8-10-18(20)21)14-7-9-16(17(19)11-14)13-5-3-2-4-6-13;/h7,9,11,13,15H,2-6,8,10,12H2,1H3,(H,20,21);/q;+1/p-1. The maximum absolute atomic E-state index is 10.7. The summed E-state index contributed by atoms with van der Waals surface area (Å²) >= 11 is 6.50. The van der Waals surface area contributed by atoms with E-state index >= 15 is 0 Å². The van der Waals surface area contributed by atoms with Gasteiger partial charge in [-0.1, -0.05) is 43.0 Å². The molecule has 3 nitrogen and oxygen atoms in total. The van der Waals surface area contributed by atoms with Crippen LogP contribution < -0.4 is 34.7 Å². The fourth-order valence-corrected chi connectivity index (χ4v) is 3.72. The molecule has 0 radical (unpaired) electrons. The van der Waals surface area contributed by atoms with Gasteiger partial charge in [0, 0.05) is 24.0 Å². The Morgan fingerprint density at radius 1 is 1.35 bits per heavy atom. The smallest absolute Gasteiger partial charge is 0.550 e. The Morgan fingerprint density at radius 2 is 2.04 bits per heavy atom. The molecule has 0 heterocycles. The Balaban J connectivity index is 0.00000264. The molecule has 1 saturated carbocycles. The van der Waals surface area contributed by atoms with Crippen LogP contribution in [0.5, 0.6) is 0 Å². The summed E-state index contributed by atoms with van der Waals surface area (Å²) < 4.78 is 5.22. The van der Waals surface area contributed by atoms with Crippen molar-refractivity contribution in [2.75, 3.05) is 13.7 Å². The van der Waals surface area contributed by atoms with Crippen LogP contribution in [-0.4, -0.2) is 19.7 Å². The van der Waals surface area contributed by atoms with Gasteiger partial charge in [0.1, 0.15) is 0 Å². The molecule has 1 aromatic rings. The monoisotopic (exact) mass is 346 g/mol. The summed E-state index contributed by atoms with van der Waals surface area (Å²) in [4.78, 5) is 10.7. The fraction of sp³-hybridized carbons (Fsp3) is 0.611. The second-order valence-electron chi connectivity index (χ2n) is 6.18. The van der Waals surface area contributed by atoms with E-state index in [2.05, 4.69) is 12.1 Å². The van der Waals surface area contributed by atoms with E-state index in [0.717, 1.165) is 10.6 Å². The molecular formula is C18H24ClNaO3. The molecule has 1 unspecified atom stereocenters. The van der Waals surface area contributed by atoms with Gasteiger partial charge in [0.25, 0.3) is 0 Å². The third-order valence-electron chi connectivity index (χ3n) is 4.61. The first-order valence-electron chi connectivity index (χ1n) is 8.10. The minimum Gasteiger partial charge on any atom is -0.550 e. The van der Waals surface area contributed by atoms with Crippen molar-refractivity contribution >= 4 is 17.6 Å². The first kappa shape index (κ1) is 21.0. The molecule has 2 rings (SSSR count). The van der Waals surface area contributed by atoms with Crippen molar-refractivity contribution in [1.82, 2.24) is 0 Å². The second-order valence-corrected chi connectivity index (χ2v) is 6.59. The summed E-state index contributed by atoms with van der Waals surface area (Å²) in [5.41, 5.74) is 2.29. The normalized spacial score (nSPS) is 16.6. The molecule has 0 bridgehead atoms. The van der Waals surface area contributed by atoms with Gasteiger partial charge in [-0.2, -0.15) is 0 Å². The predicted molar refractivity (Wildman–Crippen MR) is 86.1 cm³/mol. The maximum atomic E-state index is 10.7. The first-order valence-corrected chi connectivity index (χ1v) is 8.47. The van der Waals surface area contributed by atoms with Crippen LogP contribution in [-0.2, 0) is 9.53 Å². The number of halogens is 1. The van der Waals surface area contributed by atoms with Crippen molar-refractivity contribution in [3.8, 4) is 0 Å². The summed E-state index contributed by atoms with van der Waals surface area (Å²) in [5.74, 6) is -0.411. The number of benzene rings is 1. The molecule has 5 heteroatoms. The molecule has 0 aromatic heterocycles. The third kappa shape index (κ3) is 6.39. The molecule has 1 aliphatic carbocycles. The van der Waals surface area contributed by atoms with Gasteiger partial charge in [-0.15, -0.1) is 0 Å². The molecule has 0 amide bonds. The SMILES string of the molecule is COCC(CCC(=O)[O-])c1ccc(C2CCCCC2)c(Cl)c1.[Na+]. The maximum Gasteiger partial charge on any atom is 1.00 e. The minimum absolute atomic E-state index is 0. The van der Waals surface area contributed by atoms with Crippen LogP contribution >= 0.6 is 11.6 Å². The van der Waals surface area contributed by atoms with Crippen LogP contribution in [0.15, 0.2) is 18.2 Å². The minimum atomic E-state index is -1.02. The number of hydrogen-bond donors (Lipinski definition) is 0. The van der Waals surface area contributed by atoms with E-state index in [9.17, 15) is 9.90 Å². The van der Waals surface area contributed by atoms with Crippen LogP contribution in [0.2, 0.25) is 5.02 Å². The first-order chi connectivity index (χ1) is 10.6. The number of ether oxygens (including phenoxy) is 1. The predicted octanol–water partition coefficient (Wildman–Crippen LogP) is 0.652. The average molecular weight is 347 g/mol. The van der Waals surface area contributed by atoms with E-state index in [1.807, 2.05) is 6.07 Å². The van der Waals surface area contributed by atoms with E-state index in [4.69, 9.17) is 16.3 Å². The number of carbonyl (C=O) groups is 1. The topological polar surface area (TPSA) is 49.4 Å². The van der Waals surface area contributed by atoms with Crippen LogP contribution in [0, 0.1) is 0 Å². The van der Waals surface area contributed by atoms with Crippen molar-refractivity contribution in [2.45, 2.75) is 56.8 Å². The summed E-state index contributed by atoms with van der Waals surface area (Å²) in [6.07, 6.45) is 6.86. The molecule has 0 saturated heterocycles. The summed E-state index contributed by atoms with van der Waals surface area (Å²) in [5, 5.41) is 11.5. The van der Waals surface area contributed by atoms with Gasteiger partial charge in [0.05, 0.1) is 6.61 Å². The summed E-state index contributed by atoms with van der Waals surface area (Å²) in [6, 6.07) is 6.19. The van der Waals surface area contributed by atoms with E-state index in [0.29, 0.717) is 18.9 Å². The molecule has 23 heavy (non-hydrogen) atoms. The van der Waals surface area contributed by atoms with Crippen molar-refractivity contribution < 1.29 is 44.2 Å². The quantitative estimate of drug-likeness (QED) is 0.681. The number of carboxylic acid groups (broad SMARTS) is 1. The summed E-state index contributed by atoms with van der Waals surface area (Å²) in [7, 11) is 1.63. The number of hydrogen-bond acceptors (Lipinski definition) is 3. The number of rotatable bonds is 7. The van der Waals surface area contributed by atoms with Crippen molar-refractivity contribution in [3.63, 3.8) is 0 Å². The van der Waals surface area contributed by atoms with Gasteiger partial charge in [-0.3, -0.25) is 0 Å². The second kappa shape index (κ2) is 10.7. The zero-order valence-corrected chi connectivity index (χ0v) is 16.9. The Bertz CT molecular complexity index is 501. The molecule has 1 aromatic carbocycles. The van der Waals surface area contributed by atoms with E-state index in [1.54, 1.807) is 7.11 Å². The van der Waals surface area contributed by atoms with Gasteiger partial charge >= 0.3 is 29.6 Å². The zero-order valence-electron chi connectivity index (χ0n) is 14.1. The largest absolute Gasteiger partial charge is 1.00 e. The Kier molecular flexibility index (Phi) is 9.79. The number of carbonyl (C=O) groups excluding carboxylic acids is 1. The average Bonchev–Trinajstić information content (AvgIpc) is 2.52. The summed E-state index contributed by atoms with van der Waals surface area (Å²) in [6.45, 7) is 0.492. The molecule has 0 N–H and O–H groups in total. The molecule has 1 atom stereocenters. The molecule has 1 fully saturated rings. The van der Waals surface area contributed by atoms with Gasteiger partial charge in [0.2, 0.25) is 0 Å². The Morgan fingerprint density at radius 3 is 2.61 bits per heavy atom. The van der Waals surface area contributed by atoms with Crippen LogP contribution in [0.1, 0.15) is 67.9 Å². The third-order valence-corrected chi connectivity index (χ3v) is 4.93. The van der Waals surface area contributed by atoms with Crippen LogP contribution in [0.3, 0.4) is 0 Å². The van der Waals surface area contributed by atoms with Crippen LogP contribution in [0.4, 0.5) is 0 Å².